The van der Waals surface area contributed by atoms with Crippen molar-refractivity contribution >= 4 is 45.3 Å². The van der Waals surface area contributed by atoms with E-state index in [-0.39, 0.29) is 30.7 Å². The number of amides is 1. The van der Waals surface area contributed by atoms with E-state index in [0.717, 1.165) is 10.9 Å². The van der Waals surface area contributed by atoms with Gasteiger partial charge in [-0.25, -0.2) is 4.79 Å². The number of non-ortho nitro benzene ring substituents is 1. The molecule has 2 aromatic carbocycles. The summed E-state index contributed by atoms with van der Waals surface area (Å²) in [6.45, 7) is -0.304. The quantitative estimate of drug-likeness (QED) is 0.245. The van der Waals surface area contributed by atoms with Gasteiger partial charge in [-0.15, -0.1) is 0 Å². The van der Waals surface area contributed by atoms with Gasteiger partial charge in [0.25, 0.3) is 11.6 Å². The number of benzene rings is 2. The molecule has 0 aliphatic rings. The van der Waals surface area contributed by atoms with Gasteiger partial charge in [0, 0.05) is 30.6 Å². The molecule has 1 amide bonds. The second kappa shape index (κ2) is 9.30. The zero-order valence-electron chi connectivity index (χ0n) is 17.2. The Morgan fingerprint density at radius 1 is 1.18 bits per heavy atom. The van der Waals surface area contributed by atoms with Crippen LogP contribution in [0.2, 0.25) is 0 Å². The van der Waals surface area contributed by atoms with Gasteiger partial charge in [-0.3, -0.25) is 29.3 Å². The summed E-state index contributed by atoms with van der Waals surface area (Å²) in [5.74, 6) is -1.76. The summed E-state index contributed by atoms with van der Waals surface area (Å²) in [5.41, 5.74) is 1.59. The number of hydrogen-bond acceptors (Lipinski definition) is 8. The van der Waals surface area contributed by atoms with Crippen LogP contribution in [0.1, 0.15) is 12.8 Å². The summed E-state index contributed by atoms with van der Waals surface area (Å²) in [6, 6.07) is 12.8. The summed E-state index contributed by atoms with van der Waals surface area (Å²) in [5, 5.41) is 14.3. The molecule has 0 saturated heterocycles. The van der Waals surface area contributed by atoms with Gasteiger partial charge in [-0.05, 0) is 36.8 Å². The zero-order valence-corrected chi connectivity index (χ0v) is 17.2. The molecule has 0 fully saturated rings. The van der Waals surface area contributed by atoms with Crippen molar-refractivity contribution in [1.82, 2.24) is 9.55 Å². The normalized spacial score (nSPS) is 10.9. The average Bonchev–Trinajstić information content (AvgIpc) is 3.12. The van der Waals surface area contributed by atoms with Crippen LogP contribution >= 0.6 is 0 Å². The largest absolute Gasteiger partial charge is 0.456 e. The third-order valence-electron chi connectivity index (χ3n) is 4.91. The monoisotopic (exact) mass is 450 g/mol. The topological polar surface area (TPSA) is 147 Å². The van der Waals surface area contributed by atoms with Crippen LogP contribution in [-0.2, 0) is 20.9 Å². The maximum atomic E-state index is 12.2. The van der Waals surface area contributed by atoms with Crippen molar-refractivity contribution in [3.63, 3.8) is 0 Å². The lowest BCUT2D eigenvalue weighted by Crippen LogP contribution is -2.21. The molecule has 0 atom stereocenters. The van der Waals surface area contributed by atoms with E-state index in [4.69, 9.17) is 9.15 Å². The number of pyridine rings is 1. The molecule has 168 valence electrons. The van der Waals surface area contributed by atoms with Crippen molar-refractivity contribution in [1.29, 1.82) is 0 Å². The van der Waals surface area contributed by atoms with E-state index >= 15 is 0 Å². The SMILES string of the molecule is O=C(COC(=O)CCCn1c(=O)oc2cc([N+](=O)[O-])ccc21)Nc1cccc2ncccc12. The fourth-order valence-electron chi connectivity index (χ4n) is 3.38. The Balaban J connectivity index is 1.28. The van der Waals surface area contributed by atoms with Gasteiger partial charge in [0.1, 0.15) is 0 Å². The third-order valence-corrected chi connectivity index (χ3v) is 4.91. The molecule has 11 nitrogen and oxygen atoms in total. The number of fused-ring (bicyclic) bond motifs is 2. The number of carbonyl (C=O) groups excluding carboxylic acids is 2. The highest BCUT2D eigenvalue weighted by Gasteiger charge is 2.15. The number of aryl methyl sites for hydroxylation is 1. The van der Waals surface area contributed by atoms with Crippen molar-refractivity contribution in [2.75, 3.05) is 11.9 Å². The summed E-state index contributed by atoms with van der Waals surface area (Å²) in [7, 11) is 0. The van der Waals surface area contributed by atoms with Crippen LogP contribution in [0.4, 0.5) is 11.4 Å². The number of carbonyl (C=O) groups is 2. The molecule has 4 rings (SSSR count). The van der Waals surface area contributed by atoms with Gasteiger partial charge < -0.3 is 14.5 Å². The van der Waals surface area contributed by atoms with Gasteiger partial charge in [0.15, 0.2) is 12.2 Å². The number of esters is 1. The number of nitro benzene ring substituents is 1. The molecule has 2 heterocycles. The maximum absolute atomic E-state index is 12.2. The number of aromatic nitrogens is 2. The Morgan fingerprint density at radius 3 is 2.85 bits per heavy atom. The van der Waals surface area contributed by atoms with E-state index in [1.165, 1.54) is 22.8 Å². The Hall–Kier alpha value is -4.54. The molecular formula is C22H18N4O7. The van der Waals surface area contributed by atoms with Gasteiger partial charge in [-0.2, -0.15) is 0 Å². The predicted molar refractivity (Wildman–Crippen MR) is 118 cm³/mol. The molecular weight excluding hydrogens is 432 g/mol. The molecule has 0 unspecified atom stereocenters. The average molecular weight is 450 g/mol. The van der Waals surface area contributed by atoms with E-state index < -0.39 is 29.2 Å². The predicted octanol–water partition coefficient (Wildman–Crippen LogP) is 3.01. The number of hydrogen-bond donors (Lipinski definition) is 1. The smallest absolute Gasteiger partial charge is 0.419 e. The number of nitrogens with one attached hydrogen (secondary N) is 1. The van der Waals surface area contributed by atoms with Crippen molar-refractivity contribution in [3.05, 3.63) is 75.4 Å². The Kier molecular flexibility index (Phi) is 6.11. The molecule has 2 aromatic heterocycles. The Bertz CT molecular complexity index is 1420. The lowest BCUT2D eigenvalue weighted by Gasteiger charge is -2.09. The minimum Gasteiger partial charge on any atom is -0.456 e. The zero-order chi connectivity index (χ0) is 23.4. The molecule has 0 aliphatic carbocycles. The molecule has 0 aliphatic heterocycles. The van der Waals surface area contributed by atoms with Crippen molar-refractivity contribution in [3.8, 4) is 0 Å². The summed E-state index contributed by atoms with van der Waals surface area (Å²) < 4.78 is 11.3. The standard InChI is InChI=1S/C22H18N4O7/c27-20(24-17-6-1-5-16-15(17)4-2-10-23-16)13-32-21(28)7-3-11-25-18-9-8-14(26(30)31)12-19(18)33-22(25)29/h1-2,4-6,8-10,12H,3,7,11,13H2,(H,24,27). The van der Waals surface area contributed by atoms with Crippen molar-refractivity contribution < 1.29 is 23.7 Å². The first-order valence-corrected chi connectivity index (χ1v) is 9.99. The van der Waals surface area contributed by atoms with Crippen molar-refractivity contribution in [2.45, 2.75) is 19.4 Å². The number of oxazole rings is 1. The lowest BCUT2D eigenvalue weighted by molar-refractivity contribution is -0.384. The summed E-state index contributed by atoms with van der Waals surface area (Å²) in [4.78, 5) is 50.7. The number of nitrogens with zero attached hydrogens (tertiary/aromatic N) is 3. The highest BCUT2D eigenvalue weighted by molar-refractivity contribution is 6.01. The first kappa shape index (κ1) is 21.7. The van der Waals surface area contributed by atoms with Crippen LogP contribution in [0, 0.1) is 10.1 Å². The first-order chi connectivity index (χ1) is 15.9. The van der Waals surface area contributed by atoms with Gasteiger partial charge in [0.05, 0.1) is 27.7 Å². The van der Waals surface area contributed by atoms with Crippen LogP contribution in [0.25, 0.3) is 22.0 Å². The Morgan fingerprint density at radius 2 is 2.03 bits per heavy atom. The number of anilines is 1. The van der Waals surface area contributed by atoms with E-state index in [2.05, 4.69) is 10.3 Å². The molecule has 0 saturated carbocycles. The molecule has 0 spiro atoms. The first-order valence-electron chi connectivity index (χ1n) is 9.99. The van der Waals surface area contributed by atoms with Gasteiger partial charge >= 0.3 is 11.7 Å². The number of ether oxygens (including phenoxy) is 1. The van der Waals surface area contributed by atoms with Gasteiger partial charge in [-0.1, -0.05) is 6.07 Å². The number of nitro groups is 1. The maximum Gasteiger partial charge on any atom is 0.419 e. The lowest BCUT2D eigenvalue weighted by atomic mass is 10.2. The summed E-state index contributed by atoms with van der Waals surface area (Å²) in [6.07, 6.45) is 1.87. The molecule has 0 radical (unpaired) electrons. The van der Waals surface area contributed by atoms with Crippen LogP contribution in [-0.4, -0.2) is 33.0 Å². The highest BCUT2D eigenvalue weighted by atomic mass is 16.6. The van der Waals surface area contributed by atoms with E-state index in [0.29, 0.717) is 11.2 Å². The second-order valence-corrected chi connectivity index (χ2v) is 7.12. The van der Waals surface area contributed by atoms with E-state index in [9.17, 15) is 24.5 Å². The molecule has 0 bridgehead atoms. The van der Waals surface area contributed by atoms with E-state index in [1.54, 1.807) is 24.4 Å². The molecule has 11 heteroatoms. The minimum atomic E-state index is -0.678. The minimum absolute atomic E-state index is 0.0302. The third kappa shape index (κ3) is 4.87. The molecule has 4 aromatic rings. The van der Waals surface area contributed by atoms with Crippen LogP contribution in [0.15, 0.2) is 63.9 Å². The Labute approximate surface area is 185 Å². The highest BCUT2D eigenvalue weighted by Crippen LogP contribution is 2.22. The molecule has 33 heavy (non-hydrogen) atoms. The van der Waals surface area contributed by atoms with Crippen LogP contribution in [0.3, 0.4) is 0 Å². The summed E-state index contributed by atoms with van der Waals surface area (Å²) >= 11 is 0. The number of rotatable bonds is 8. The van der Waals surface area contributed by atoms with Crippen LogP contribution in [0.5, 0.6) is 0 Å². The fourth-order valence-corrected chi connectivity index (χ4v) is 3.38. The van der Waals surface area contributed by atoms with E-state index in [1.807, 2.05) is 12.1 Å². The second-order valence-electron chi connectivity index (χ2n) is 7.12. The van der Waals surface area contributed by atoms with Gasteiger partial charge in [0.2, 0.25) is 0 Å². The fraction of sp³-hybridized carbons (Fsp3) is 0.182. The molecule has 1 N–H and O–H groups in total. The van der Waals surface area contributed by atoms with Crippen LogP contribution < -0.4 is 11.1 Å². The van der Waals surface area contributed by atoms with Crippen molar-refractivity contribution in [2.24, 2.45) is 0 Å².